The first kappa shape index (κ1) is 19.8. The Kier molecular flexibility index (Phi) is 7.44. The lowest BCUT2D eigenvalue weighted by atomic mass is 9.95. The van der Waals surface area contributed by atoms with Crippen LogP contribution in [0.3, 0.4) is 0 Å². The second kappa shape index (κ2) is 9.79. The molecule has 0 bridgehead atoms. The number of benzene rings is 1. The van der Waals surface area contributed by atoms with Gasteiger partial charge in [-0.05, 0) is 44.9 Å². The van der Waals surface area contributed by atoms with Gasteiger partial charge >= 0.3 is 12.1 Å². The quantitative estimate of drug-likeness (QED) is 0.758. The monoisotopic (exact) mass is 362 g/mol. The van der Waals surface area contributed by atoms with Crippen molar-refractivity contribution >= 4 is 23.7 Å². The number of hydrogen-bond donors (Lipinski definition) is 2. The van der Waals surface area contributed by atoms with E-state index in [1.54, 1.807) is 32.0 Å². The van der Waals surface area contributed by atoms with Gasteiger partial charge in [-0.3, -0.25) is 10.1 Å². The molecule has 0 radical (unpaired) electrons. The van der Waals surface area contributed by atoms with Crippen LogP contribution >= 0.6 is 0 Å². The first-order valence-corrected chi connectivity index (χ1v) is 9.04. The fourth-order valence-electron chi connectivity index (χ4n) is 2.86. The molecule has 1 fully saturated rings. The largest absolute Gasteiger partial charge is 0.450 e. The topological polar surface area (TPSA) is 93.7 Å². The first-order chi connectivity index (χ1) is 12.5. The molecule has 0 saturated heterocycles. The van der Waals surface area contributed by atoms with Crippen molar-refractivity contribution in [1.29, 1.82) is 0 Å². The van der Waals surface area contributed by atoms with Crippen molar-refractivity contribution in [1.82, 2.24) is 5.32 Å². The second-order valence-electron chi connectivity index (χ2n) is 6.32. The maximum atomic E-state index is 12.3. The number of esters is 1. The average molecular weight is 362 g/mol. The van der Waals surface area contributed by atoms with E-state index in [1.165, 1.54) is 12.5 Å². The number of rotatable bonds is 6. The Bertz CT molecular complexity index is 641. The van der Waals surface area contributed by atoms with E-state index in [9.17, 15) is 14.4 Å². The van der Waals surface area contributed by atoms with Crippen LogP contribution in [-0.4, -0.2) is 36.7 Å². The number of anilines is 1. The van der Waals surface area contributed by atoms with Gasteiger partial charge in [-0.2, -0.15) is 0 Å². The van der Waals surface area contributed by atoms with Gasteiger partial charge in [0, 0.05) is 11.7 Å². The van der Waals surface area contributed by atoms with Crippen LogP contribution in [0.4, 0.5) is 10.5 Å². The summed E-state index contributed by atoms with van der Waals surface area (Å²) in [4.78, 5) is 35.9. The molecule has 0 spiro atoms. The van der Waals surface area contributed by atoms with Crippen LogP contribution in [0.1, 0.15) is 56.3 Å². The van der Waals surface area contributed by atoms with Crippen molar-refractivity contribution in [2.24, 2.45) is 0 Å². The Hall–Kier alpha value is -2.57. The lowest BCUT2D eigenvalue weighted by Crippen LogP contribution is -2.42. The van der Waals surface area contributed by atoms with Gasteiger partial charge < -0.3 is 14.8 Å². The van der Waals surface area contributed by atoms with Gasteiger partial charge in [0.2, 0.25) is 0 Å². The summed E-state index contributed by atoms with van der Waals surface area (Å²) < 4.78 is 10.0. The van der Waals surface area contributed by atoms with Crippen LogP contribution < -0.4 is 10.6 Å². The third-order valence-electron chi connectivity index (χ3n) is 4.22. The fourth-order valence-corrected chi connectivity index (χ4v) is 2.86. The summed E-state index contributed by atoms with van der Waals surface area (Å²) in [7, 11) is 0. The maximum Gasteiger partial charge on any atom is 0.411 e. The molecule has 1 unspecified atom stereocenters. The van der Waals surface area contributed by atoms with Crippen LogP contribution in [0.25, 0.3) is 0 Å². The maximum absolute atomic E-state index is 12.3. The molecule has 1 aliphatic rings. The second-order valence-corrected chi connectivity index (χ2v) is 6.32. The molecule has 7 heteroatoms. The summed E-state index contributed by atoms with van der Waals surface area (Å²) in [5.41, 5.74) is 0.661. The highest BCUT2D eigenvalue weighted by molar-refractivity contribution is 5.94. The van der Waals surface area contributed by atoms with Gasteiger partial charge in [0.15, 0.2) is 6.10 Å². The van der Waals surface area contributed by atoms with Crippen molar-refractivity contribution in [3.05, 3.63) is 29.8 Å². The number of nitrogens with one attached hydrogen (secondary N) is 2. The zero-order valence-corrected chi connectivity index (χ0v) is 15.2. The molecule has 0 aromatic heterocycles. The Labute approximate surface area is 153 Å². The molecular weight excluding hydrogens is 336 g/mol. The summed E-state index contributed by atoms with van der Waals surface area (Å²) in [6.45, 7) is 3.51. The van der Waals surface area contributed by atoms with Crippen LogP contribution in [0.15, 0.2) is 24.3 Å². The first-order valence-electron chi connectivity index (χ1n) is 9.04. The van der Waals surface area contributed by atoms with E-state index in [0.717, 1.165) is 25.7 Å². The Balaban J connectivity index is 1.89. The molecule has 7 nitrogen and oxygen atoms in total. The molecule has 142 valence electrons. The lowest BCUT2D eigenvalue weighted by Gasteiger charge is -2.24. The summed E-state index contributed by atoms with van der Waals surface area (Å²) in [6.07, 6.45) is 3.87. The van der Waals surface area contributed by atoms with Crippen molar-refractivity contribution in [3.8, 4) is 0 Å². The highest BCUT2D eigenvalue weighted by Crippen LogP contribution is 2.18. The van der Waals surface area contributed by atoms with Gasteiger partial charge in [0.1, 0.15) is 0 Å². The summed E-state index contributed by atoms with van der Waals surface area (Å²) in [5, 5.41) is 5.46. The molecular formula is C19H26N2O5. The summed E-state index contributed by atoms with van der Waals surface area (Å²) in [6, 6.07) is 6.45. The molecule has 1 atom stereocenters. The van der Waals surface area contributed by atoms with Crippen LogP contribution in [0, 0.1) is 0 Å². The predicted octanol–water partition coefficient (Wildman–Crippen LogP) is 3.25. The summed E-state index contributed by atoms with van der Waals surface area (Å²) in [5.74, 6) is -0.908. The van der Waals surface area contributed by atoms with Crippen LogP contribution in [0.2, 0.25) is 0 Å². The van der Waals surface area contributed by atoms with Gasteiger partial charge in [-0.15, -0.1) is 0 Å². The zero-order valence-electron chi connectivity index (χ0n) is 15.2. The fraction of sp³-hybridized carbons (Fsp3) is 0.526. The normalized spacial score (nSPS) is 15.6. The molecule has 2 rings (SSSR count). The standard InChI is InChI=1S/C19H26N2O5/c1-3-25-19(24)21-16-11-7-8-14(12-16)18(23)26-13(2)17(22)20-15-9-5-4-6-10-15/h7-8,11-13,15H,3-6,9-10H2,1-2H3,(H,20,22)(H,21,24). The van der Waals surface area contributed by atoms with E-state index in [1.807, 2.05) is 0 Å². The number of carbonyl (C=O) groups is 3. The number of amides is 2. The van der Waals surface area contributed by atoms with E-state index >= 15 is 0 Å². The highest BCUT2D eigenvalue weighted by Gasteiger charge is 2.23. The van der Waals surface area contributed by atoms with Gasteiger partial charge in [0.05, 0.1) is 12.2 Å². The smallest absolute Gasteiger partial charge is 0.411 e. The van der Waals surface area contributed by atoms with Crippen LogP contribution in [-0.2, 0) is 14.3 Å². The molecule has 1 aromatic rings. The molecule has 1 saturated carbocycles. The predicted molar refractivity (Wildman–Crippen MR) is 97.0 cm³/mol. The van der Waals surface area contributed by atoms with E-state index in [0.29, 0.717) is 5.69 Å². The lowest BCUT2D eigenvalue weighted by molar-refractivity contribution is -0.130. The minimum atomic E-state index is -0.883. The van der Waals surface area contributed by atoms with E-state index in [2.05, 4.69) is 10.6 Å². The minimum Gasteiger partial charge on any atom is -0.450 e. The molecule has 1 aromatic carbocycles. The van der Waals surface area contributed by atoms with Crippen molar-refractivity contribution in [2.45, 2.75) is 58.1 Å². The third-order valence-corrected chi connectivity index (χ3v) is 4.22. The Morgan fingerprint density at radius 3 is 2.62 bits per heavy atom. The molecule has 0 heterocycles. The van der Waals surface area contributed by atoms with Gasteiger partial charge in [-0.1, -0.05) is 25.3 Å². The van der Waals surface area contributed by atoms with Crippen LogP contribution in [0.5, 0.6) is 0 Å². The summed E-state index contributed by atoms with van der Waals surface area (Å²) >= 11 is 0. The molecule has 2 N–H and O–H groups in total. The molecule has 1 aliphatic carbocycles. The average Bonchev–Trinajstić information content (AvgIpc) is 2.62. The number of carbonyl (C=O) groups excluding carboxylic acids is 3. The van der Waals surface area contributed by atoms with Gasteiger partial charge in [0.25, 0.3) is 5.91 Å². The minimum absolute atomic E-state index is 0.162. The number of hydrogen-bond acceptors (Lipinski definition) is 5. The van der Waals surface area contributed by atoms with Crippen molar-refractivity contribution < 1.29 is 23.9 Å². The Morgan fingerprint density at radius 2 is 1.92 bits per heavy atom. The third kappa shape index (κ3) is 6.06. The molecule has 0 aliphatic heterocycles. The number of ether oxygens (including phenoxy) is 2. The molecule has 2 amide bonds. The SMILES string of the molecule is CCOC(=O)Nc1cccc(C(=O)OC(C)C(=O)NC2CCCCC2)c1. The molecule has 26 heavy (non-hydrogen) atoms. The van der Waals surface area contributed by atoms with E-state index in [4.69, 9.17) is 9.47 Å². The van der Waals surface area contributed by atoms with Gasteiger partial charge in [-0.25, -0.2) is 9.59 Å². The zero-order chi connectivity index (χ0) is 18.9. The van der Waals surface area contributed by atoms with Crippen molar-refractivity contribution in [3.63, 3.8) is 0 Å². The van der Waals surface area contributed by atoms with E-state index in [-0.39, 0.29) is 24.1 Å². The highest BCUT2D eigenvalue weighted by atomic mass is 16.6. The Morgan fingerprint density at radius 1 is 1.19 bits per heavy atom. The van der Waals surface area contributed by atoms with Crippen molar-refractivity contribution in [2.75, 3.05) is 11.9 Å². The van der Waals surface area contributed by atoms with E-state index < -0.39 is 18.2 Å².